The van der Waals surface area contributed by atoms with Crippen LogP contribution in [0.1, 0.15) is 25.7 Å². The quantitative estimate of drug-likeness (QED) is 0.877. The molecule has 1 unspecified atom stereocenters. The van der Waals surface area contributed by atoms with Gasteiger partial charge in [0.2, 0.25) is 5.91 Å². The number of hydrogen-bond donors (Lipinski definition) is 1. The van der Waals surface area contributed by atoms with Gasteiger partial charge in [0.15, 0.2) is 0 Å². The molecule has 0 spiro atoms. The van der Waals surface area contributed by atoms with Crippen molar-refractivity contribution in [1.29, 1.82) is 0 Å². The number of amides is 1. The number of benzene rings is 1. The summed E-state index contributed by atoms with van der Waals surface area (Å²) in [5.41, 5.74) is 0.502. The van der Waals surface area contributed by atoms with Crippen LogP contribution in [-0.2, 0) is 14.3 Å². The molecular weight excluding hydrogens is 294 g/mol. The molecule has 1 aromatic rings. The lowest BCUT2D eigenvalue weighted by atomic mass is 10.1. The minimum absolute atomic E-state index is 0.111. The normalized spacial score (nSPS) is 17.7. The number of aliphatic carboxylic acids is 1. The van der Waals surface area contributed by atoms with E-state index in [4.69, 9.17) is 21.4 Å². The van der Waals surface area contributed by atoms with Crippen LogP contribution in [0.25, 0.3) is 0 Å². The summed E-state index contributed by atoms with van der Waals surface area (Å²) >= 11 is 5.91. The van der Waals surface area contributed by atoms with Crippen LogP contribution in [0.15, 0.2) is 24.3 Å². The van der Waals surface area contributed by atoms with Crippen LogP contribution in [-0.4, -0.2) is 36.2 Å². The predicted molar refractivity (Wildman–Crippen MR) is 79.6 cm³/mol. The van der Waals surface area contributed by atoms with Crippen LogP contribution in [0.3, 0.4) is 0 Å². The summed E-state index contributed by atoms with van der Waals surface area (Å²) in [5, 5.41) is 9.46. The molecule has 0 aromatic heterocycles. The van der Waals surface area contributed by atoms with E-state index in [2.05, 4.69) is 0 Å². The van der Waals surface area contributed by atoms with E-state index < -0.39 is 5.97 Å². The predicted octanol–water partition coefficient (Wildman–Crippen LogP) is 2.72. The second-order valence-corrected chi connectivity index (χ2v) is 5.46. The van der Waals surface area contributed by atoms with Gasteiger partial charge in [-0.15, -0.1) is 0 Å². The first kappa shape index (κ1) is 15.8. The molecule has 5 nitrogen and oxygen atoms in total. The zero-order valence-electron chi connectivity index (χ0n) is 11.6. The SMILES string of the molecule is O=C(O)CN(C(=O)CCC1CCCO1)c1cccc(Cl)c1. The van der Waals surface area contributed by atoms with Crippen molar-refractivity contribution >= 4 is 29.2 Å². The van der Waals surface area contributed by atoms with Gasteiger partial charge in [-0.3, -0.25) is 9.59 Å². The molecule has 1 N–H and O–H groups in total. The van der Waals surface area contributed by atoms with Gasteiger partial charge in [-0.05, 0) is 37.5 Å². The monoisotopic (exact) mass is 311 g/mol. The number of ether oxygens (including phenoxy) is 1. The topological polar surface area (TPSA) is 66.8 Å². The Bertz CT molecular complexity index is 514. The lowest BCUT2D eigenvalue weighted by molar-refractivity contribution is -0.136. The number of carbonyl (C=O) groups excluding carboxylic acids is 1. The molecule has 1 heterocycles. The molecule has 6 heteroatoms. The van der Waals surface area contributed by atoms with Crippen LogP contribution < -0.4 is 4.90 Å². The number of rotatable bonds is 6. The van der Waals surface area contributed by atoms with Gasteiger partial charge in [-0.2, -0.15) is 0 Å². The van der Waals surface area contributed by atoms with E-state index in [-0.39, 0.29) is 25.0 Å². The molecule has 0 saturated carbocycles. The van der Waals surface area contributed by atoms with E-state index in [1.165, 1.54) is 4.90 Å². The van der Waals surface area contributed by atoms with Gasteiger partial charge in [-0.1, -0.05) is 17.7 Å². The summed E-state index contributed by atoms with van der Waals surface area (Å²) in [5.74, 6) is -1.28. The number of halogens is 1. The molecule has 114 valence electrons. The largest absolute Gasteiger partial charge is 0.480 e. The number of anilines is 1. The fraction of sp³-hybridized carbons (Fsp3) is 0.467. The first-order valence-corrected chi connectivity index (χ1v) is 7.33. The number of nitrogens with zero attached hydrogens (tertiary/aromatic N) is 1. The Kier molecular flexibility index (Phi) is 5.59. The minimum Gasteiger partial charge on any atom is -0.480 e. The molecule has 1 aliphatic rings. The van der Waals surface area contributed by atoms with Crippen molar-refractivity contribution in [2.24, 2.45) is 0 Å². The summed E-state index contributed by atoms with van der Waals surface area (Å²) in [6, 6.07) is 6.65. The molecule has 0 radical (unpaired) electrons. The van der Waals surface area contributed by atoms with Crippen molar-refractivity contribution in [1.82, 2.24) is 0 Å². The Morgan fingerprint density at radius 3 is 2.86 bits per heavy atom. The summed E-state index contributed by atoms with van der Waals surface area (Å²) < 4.78 is 5.48. The lowest BCUT2D eigenvalue weighted by Crippen LogP contribution is -2.36. The van der Waals surface area contributed by atoms with Gasteiger partial charge in [0, 0.05) is 23.7 Å². The molecule has 21 heavy (non-hydrogen) atoms. The van der Waals surface area contributed by atoms with Crippen LogP contribution >= 0.6 is 11.6 Å². The van der Waals surface area contributed by atoms with Gasteiger partial charge in [0.1, 0.15) is 6.54 Å². The van der Waals surface area contributed by atoms with E-state index in [0.29, 0.717) is 17.1 Å². The molecule has 0 aliphatic carbocycles. The van der Waals surface area contributed by atoms with E-state index in [0.717, 1.165) is 19.4 Å². The Morgan fingerprint density at radius 2 is 2.24 bits per heavy atom. The summed E-state index contributed by atoms with van der Waals surface area (Å²) in [6.45, 7) is 0.372. The fourth-order valence-electron chi connectivity index (χ4n) is 2.39. The molecule has 1 fully saturated rings. The number of carbonyl (C=O) groups is 2. The molecule has 1 amide bonds. The third-order valence-corrected chi connectivity index (χ3v) is 3.65. The van der Waals surface area contributed by atoms with Gasteiger partial charge in [0.25, 0.3) is 0 Å². The summed E-state index contributed by atoms with van der Waals surface area (Å²) in [6.07, 6.45) is 2.98. The maximum atomic E-state index is 12.3. The van der Waals surface area contributed by atoms with Crippen molar-refractivity contribution in [2.75, 3.05) is 18.1 Å². The van der Waals surface area contributed by atoms with Gasteiger partial charge >= 0.3 is 5.97 Å². The Morgan fingerprint density at radius 1 is 1.43 bits per heavy atom. The summed E-state index contributed by atoms with van der Waals surface area (Å²) in [7, 11) is 0. The Balaban J connectivity index is 2.03. The highest BCUT2D eigenvalue weighted by Gasteiger charge is 2.22. The first-order chi connectivity index (χ1) is 10.1. The zero-order valence-corrected chi connectivity index (χ0v) is 12.4. The van der Waals surface area contributed by atoms with Crippen molar-refractivity contribution in [3.8, 4) is 0 Å². The van der Waals surface area contributed by atoms with Crippen molar-refractivity contribution in [3.63, 3.8) is 0 Å². The van der Waals surface area contributed by atoms with Crippen molar-refractivity contribution in [2.45, 2.75) is 31.8 Å². The fourth-order valence-corrected chi connectivity index (χ4v) is 2.58. The summed E-state index contributed by atoms with van der Waals surface area (Å²) in [4.78, 5) is 24.5. The smallest absolute Gasteiger partial charge is 0.323 e. The van der Waals surface area contributed by atoms with E-state index in [1.54, 1.807) is 24.3 Å². The second-order valence-electron chi connectivity index (χ2n) is 5.03. The molecule has 1 aromatic carbocycles. The average Bonchev–Trinajstić information content (AvgIpc) is 2.95. The molecule has 1 saturated heterocycles. The number of hydrogen-bond acceptors (Lipinski definition) is 3. The highest BCUT2D eigenvalue weighted by molar-refractivity contribution is 6.30. The van der Waals surface area contributed by atoms with Crippen LogP contribution in [0.4, 0.5) is 5.69 Å². The third-order valence-electron chi connectivity index (χ3n) is 3.42. The molecule has 1 atom stereocenters. The van der Waals surface area contributed by atoms with Crippen LogP contribution in [0.5, 0.6) is 0 Å². The first-order valence-electron chi connectivity index (χ1n) is 6.95. The Labute approximate surface area is 128 Å². The highest BCUT2D eigenvalue weighted by Crippen LogP contribution is 2.22. The number of carboxylic acids is 1. The maximum absolute atomic E-state index is 12.3. The standard InChI is InChI=1S/C15H18ClNO4/c16-11-3-1-4-12(9-11)17(10-15(19)20)14(18)7-6-13-5-2-8-21-13/h1,3-4,9,13H,2,5-8,10H2,(H,19,20). The van der Waals surface area contributed by atoms with E-state index in [1.807, 2.05) is 0 Å². The molecular formula is C15H18ClNO4. The van der Waals surface area contributed by atoms with Gasteiger partial charge < -0.3 is 14.7 Å². The van der Waals surface area contributed by atoms with Crippen molar-refractivity contribution < 1.29 is 19.4 Å². The van der Waals surface area contributed by atoms with Gasteiger partial charge in [0.05, 0.1) is 6.10 Å². The van der Waals surface area contributed by atoms with E-state index in [9.17, 15) is 9.59 Å². The molecule has 1 aliphatic heterocycles. The average molecular weight is 312 g/mol. The lowest BCUT2D eigenvalue weighted by Gasteiger charge is -2.21. The molecule has 2 rings (SSSR count). The van der Waals surface area contributed by atoms with Crippen LogP contribution in [0.2, 0.25) is 5.02 Å². The zero-order chi connectivity index (χ0) is 15.2. The van der Waals surface area contributed by atoms with E-state index >= 15 is 0 Å². The Hall–Kier alpha value is -1.59. The minimum atomic E-state index is -1.06. The third kappa shape index (κ3) is 4.72. The van der Waals surface area contributed by atoms with Gasteiger partial charge in [-0.25, -0.2) is 0 Å². The highest BCUT2D eigenvalue weighted by atomic mass is 35.5. The van der Waals surface area contributed by atoms with Crippen molar-refractivity contribution in [3.05, 3.63) is 29.3 Å². The second kappa shape index (κ2) is 7.43. The maximum Gasteiger partial charge on any atom is 0.323 e. The van der Waals surface area contributed by atoms with Crippen LogP contribution in [0, 0.1) is 0 Å². The molecule has 0 bridgehead atoms. The number of carboxylic acid groups (broad SMARTS) is 1.